The van der Waals surface area contributed by atoms with Crippen LogP contribution < -0.4 is 10.1 Å². The number of benzene rings is 1. The summed E-state index contributed by atoms with van der Waals surface area (Å²) in [4.78, 5) is 89.8. The minimum atomic E-state index is -1.67. The van der Waals surface area contributed by atoms with Crippen molar-refractivity contribution in [1.82, 2.24) is 5.32 Å². The highest BCUT2D eigenvalue weighted by Gasteiger charge is 2.61. The van der Waals surface area contributed by atoms with E-state index in [1.165, 1.54) is 95.6 Å². The average Bonchev–Trinajstić information content (AvgIpc) is 3.71. The first kappa shape index (κ1) is 58.8. The molecule has 0 bridgehead atoms. The lowest BCUT2D eigenvalue weighted by atomic mass is 9.47. The molecule has 0 unspecified atom stereocenters. The van der Waals surface area contributed by atoms with Crippen LogP contribution in [0.3, 0.4) is 0 Å². The lowest BCUT2D eigenvalue weighted by molar-refractivity contribution is -0.349. The molecule has 6 aliphatic rings. The summed E-state index contributed by atoms with van der Waals surface area (Å²) >= 11 is 0. The zero-order valence-corrected chi connectivity index (χ0v) is 46.6. The molecule has 4 aliphatic carbocycles. The van der Waals surface area contributed by atoms with Crippen LogP contribution in [0.15, 0.2) is 35.9 Å². The van der Waals surface area contributed by atoms with E-state index in [2.05, 4.69) is 46.0 Å². The molecule has 1 aromatic carbocycles. The number of carbonyl (C=O) groups excluding carboxylic acids is 7. The van der Waals surface area contributed by atoms with Gasteiger partial charge in [-0.25, -0.2) is 4.79 Å². The lowest BCUT2D eigenvalue weighted by Gasteiger charge is -2.58. The topological polar surface area (TPSA) is 224 Å². The first-order valence-corrected chi connectivity index (χ1v) is 27.6. The maximum absolute atomic E-state index is 14.2. The largest absolute Gasteiger partial charge is 0.463 e. The lowest BCUT2D eigenvalue weighted by Crippen LogP contribution is -2.69. The average molecular weight is 1070 g/mol. The van der Waals surface area contributed by atoms with Gasteiger partial charge in [-0.3, -0.25) is 28.8 Å². The van der Waals surface area contributed by atoms with E-state index in [0.717, 1.165) is 51.4 Å². The van der Waals surface area contributed by atoms with E-state index in [1.807, 2.05) is 0 Å². The molecule has 2 heterocycles. The van der Waals surface area contributed by atoms with E-state index >= 15 is 0 Å². The van der Waals surface area contributed by atoms with Gasteiger partial charge in [0.05, 0.1) is 17.8 Å². The molecule has 0 spiro atoms. The molecular formula is C58H83NO17. The fourth-order valence-corrected chi connectivity index (χ4v) is 14.3. The van der Waals surface area contributed by atoms with Crippen LogP contribution in [0.2, 0.25) is 0 Å². The maximum atomic E-state index is 14.2. The van der Waals surface area contributed by atoms with Crippen LogP contribution in [-0.2, 0) is 71.4 Å². The van der Waals surface area contributed by atoms with E-state index in [9.17, 15) is 33.6 Å². The monoisotopic (exact) mass is 1070 g/mol. The van der Waals surface area contributed by atoms with Crippen molar-refractivity contribution in [3.63, 3.8) is 0 Å². The quantitative estimate of drug-likeness (QED) is 0.0632. The molecule has 2 saturated heterocycles. The molecule has 2 aliphatic heterocycles. The van der Waals surface area contributed by atoms with Crippen LogP contribution in [0.4, 0.5) is 0 Å². The van der Waals surface area contributed by atoms with Crippen LogP contribution >= 0.6 is 0 Å². The van der Waals surface area contributed by atoms with Crippen molar-refractivity contribution in [3.05, 3.63) is 41.5 Å². The van der Waals surface area contributed by atoms with Crippen molar-refractivity contribution >= 4 is 41.7 Å². The second kappa shape index (κ2) is 24.8. The molecule has 1 N–H and O–H groups in total. The van der Waals surface area contributed by atoms with Gasteiger partial charge in [-0.1, -0.05) is 71.6 Å². The second-order valence-electron chi connectivity index (χ2n) is 23.4. The number of hydrogen-bond acceptors (Lipinski definition) is 17. The molecule has 0 aromatic heterocycles. The Labute approximate surface area is 447 Å². The normalized spacial score (nSPS) is 36.2. The highest BCUT2D eigenvalue weighted by atomic mass is 16.8. The van der Waals surface area contributed by atoms with Gasteiger partial charge in [0.2, 0.25) is 5.91 Å². The van der Waals surface area contributed by atoms with Crippen molar-refractivity contribution in [3.8, 4) is 5.75 Å². The molecule has 18 atom stereocenters. The van der Waals surface area contributed by atoms with Crippen LogP contribution in [0, 0.1) is 46.3 Å². The standard InChI is InChI=1S/C58H83NO17/c1-30(2)15-13-16-31(3)44-21-22-45-43-20-19-40-28-42(23-25-57(40,11)46(43)24-26-58(44,45)12)73-56-53(72-38(10)65)52(49(32(4)68-56)75-54(66)39-17-14-18-41(27-39)69-35(7)62)76-55-48(59-33(5)60)51(71-37(9)64)50(70-36(8)63)47(74-55)29-67-34(6)61/h14,17-19,27,30-32,42-53,55-56H,13,15-16,20-26,28-29H2,1-12H3,(H,59,60)/t31-,32+,42+,43+,44-,45+,46+,47-,48-,49+,50-,51-,52-,53-,55+,56+,57+,58-/m1/s1. The first-order chi connectivity index (χ1) is 35.9. The van der Waals surface area contributed by atoms with Crippen molar-refractivity contribution < 1.29 is 80.9 Å². The van der Waals surface area contributed by atoms with Gasteiger partial charge in [-0.2, -0.15) is 0 Å². The van der Waals surface area contributed by atoms with Gasteiger partial charge in [-0.15, -0.1) is 0 Å². The predicted octanol–water partition coefficient (Wildman–Crippen LogP) is 8.28. The Morgan fingerprint density at radius 2 is 1.41 bits per heavy atom. The fourth-order valence-electron chi connectivity index (χ4n) is 14.3. The SMILES string of the molecule is CC(=O)N[C@H]1[C@H](O[C@@H]2[C@@H](OC(=O)c3cccc(OC(C)=O)c3)[C@H](C)O[C@@H](O[C@H]3CC[C@@]4(C)C(=CC[C@H]5[C@@H]6CC[C@H]([C@H](C)CCCC(C)C)[C@@]6(C)CC[C@@H]54)C3)[C@@H]2OC(C)=O)O[C@H](COC(C)=O)[C@@H](OC(C)=O)[C@@H]1OC(C)=O. The highest BCUT2D eigenvalue weighted by molar-refractivity contribution is 5.90. The van der Waals surface area contributed by atoms with Gasteiger partial charge < -0.3 is 52.7 Å². The number of esters is 6. The van der Waals surface area contributed by atoms with E-state index < -0.39 is 110 Å². The molecule has 18 nitrogen and oxygen atoms in total. The third-order valence-electron chi connectivity index (χ3n) is 17.6. The van der Waals surface area contributed by atoms with E-state index in [-0.39, 0.29) is 22.8 Å². The summed E-state index contributed by atoms with van der Waals surface area (Å²) in [7, 11) is 0. The van der Waals surface area contributed by atoms with Gasteiger partial charge in [0, 0.05) is 41.5 Å². The molecule has 5 fully saturated rings. The molecular weight excluding hydrogens is 983 g/mol. The molecule has 3 saturated carbocycles. The van der Waals surface area contributed by atoms with Crippen molar-refractivity contribution in [2.75, 3.05) is 6.61 Å². The Bertz CT molecular complexity index is 2320. The molecule has 7 rings (SSSR count). The fraction of sp³-hybridized carbons (Fsp3) is 0.741. The van der Waals surface area contributed by atoms with Gasteiger partial charge in [0.1, 0.15) is 30.6 Å². The number of amides is 1. The molecule has 18 heteroatoms. The zero-order chi connectivity index (χ0) is 55.4. The van der Waals surface area contributed by atoms with Crippen LogP contribution in [0.25, 0.3) is 0 Å². The number of fused-ring (bicyclic) bond motifs is 5. The molecule has 422 valence electrons. The van der Waals surface area contributed by atoms with E-state index in [1.54, 1.807) is 6.92 Å². The third kappa shape index (κ3) is 13.5. The number of carbonyl (C=O) groups is 7. The van der Waals surface area contributed by atoms with Crippen molar-refractivity contribution in [2.24, 2.45) is 46.3 Å². The third-order valence-corrected chi connectivity index (χ3v) is 17.6. The number of hydrogen-bond donors (Lipinski definition) is 1. The Morgan fingerprint density at radius 1 is 0.711 bits per heavy atom. The number of allylic oxidation sites excluding steroid dienone is 1. The Hall–Kier alpha value is -4.91. The van der Waals surface area contributed by atoms with E-state index in [0.29, 0.717) is 36.0 Å². The van der Waals surface area contributed by atoms with Crippen LogP contribution in [0.1, 0.15) is 164 Å². The minimum absolute atomic E-state index is 0.00649. The number of nitrogens with one attached hydrogen (secondary N) is 1. The van der Waals surface area contributed by atoms with Crippen LogP contribution in [-0.4, -0.2) is 116 Å². The van der Waals surface area contributed by atoms with Gasteiger partial charge in [-0.05, 0) is 123 Å². The molecule has 1 aromatic rings. The van der Waals surface area contributed by atoms with Gasteiger partial charge in [0.25, 0.3) is 0 Å². The zero-order valence-electron chi connectivity index (χ0n) is 46.6. The first-order valence-electron chi connectivity index (χ1n) is 27.6. The van der Waals surface area contributed by atoms with Gasteiger partial charge in [0.15, 0.2) is 37.0 Å². The molecule has 1 amide bonds. The molecule has 76 heavy (non-hydrogen) atoms. The number of ether oxygens (including phenoxy) is 10. The summed E-state index contributed by atoms with van der Waals surface area (Å²) in [6.07, 6.45) is 1.55. The smallest absolute Gasteiger partial charge is 0.338 e. The summed E-state index contributed by atoms with van der Waals surface area (Å²) in [5.41, 5.74) is 1.69. The minimum Gasteiger partial charge on any atom is -0.463 e. The van der Waals surface area contributed by atoms with Crippen molar-refractivity contribution in [2.45, 2.75) is 221 Å². The van der Waals surface area contributed by atoms with Gasteiger partial charge >= 0.3 is 35.8 Å². The summed E-state index contributed by atoms with van der Waals surface area (Å²) in [5.74, 6) is -1.06. The van der Waals surface area contributed by atoms with Crippen molar-refractivity contribution in [1.29, 1.82) is 0 Å². The summed E-state index contributed by atoms with van der Waals surface area (Å²) in [5, 5.41) is 2.70. The van der Waals surface area contributed by atoms with E-state index in [4.69, 9.17) is 47.4 Å². The summed E-state index contributed by atoms with van der Waals surface area (Å²) in [6, 6.07) is 4.34. The van der Waals surface area contributed by atoms with Crippen LogP contribution in [0.5, 0.6) is 5.75 Å². The second-order valence-corrected chi connectivity index (χ2v) is 23.4. The highest BCUT2D eigenvalue weighted by Crippen LogP contribution is 2.67. The molecule has 0 radical (unpaired) electrons. The Morgan fingerprint density at radius 3 is 2.07 bits per heavy atom. The Balaban J connectivity index is 1.19. The predicted molar refractivity (Wildman–Crippen MR) is 274 cm³/mol. The summed E-state index contributed by atoms with van der Waals surface area (Å²) in [6.45, 7) is 20.3. The maximum Gasteiger partial charge on any atom is 0.338 e. The Kier molecular flexibility index (Phi) is 19.2. The number of rotatable bonds is 18. The summed E-state index contributed by atoms with van der Waals surface area (Å²) < 4.78 is 61.0.